The van der Waals surface area contributed by atoms with Crippen molar-refractivity contribution in [2.75, 3.05) is 13.1 Å². The minimum atomic E-state index is -0.724. The van der Waals surface area contributed by atoms with Crippen molar-refractivity contribution in [1.82, 2.24) is 5.32 Å². The zero-order valence-corrected chi connectivity index (χ0v) is 11.0. The van der Waals surface area contributed by atoms with E-state index < -0.39 is 12.2 Å². The maximum atomic E-state index is 12.8. The van der Waals surface area contributed by atoms with E-state index in [-0.39, 0.29) is 5.82 Å². The molecule has 0 aliphatic carbocycles. The van der Waals surface area contributed by atoms with Crippen molar-refractivity contribution >= 4 is 0 Å². The zero-order valence-electron chi connectivity index (χ0n) is 11.0. The Bertz CT molecular complexity index is 516. The minimum Gasteiger partial charge on any atom is -0.387 e. The molecular weight excluding hydrogens is 257 g/mol. The Morgan fingerprint density at radius 1 is 0.800 bits per heavy atom. The van der Waals surface area contributed by atoms with Gasteiger partial charge >= 0.3 is 0 Å². The quantitative estimate of drug-likeness (QED) is 0.757. The Labute approximate surface area is 117 Å². The lowest BCUT2D eigenvalue weighted by molar-refractivity contribution is 0.147. The summed E-state index contributed by atoms with van der Waals surface area (Å²) in [5.74, 6) is -0.326. The van der Waals surface area contributed by atoms with Gasteiger partial charge in [-0.3, -0.25) is 0 Å². The van der Waals surface area contributed by atoms with E-state index in [0.29, 0.717) is 18.7 Å². The molecule has 0 aliphatic rings. The van der Waals surface area contributed by atoms with E-state index in [1.54, 1.807) is 12.1 Å². The van der Waals surface area contributed by atoms with E-state index in [4.69, 9.17) is 0 Å². The summed E-state index contributed by atoms with van der Waals surface area (Å²) in [6, 6.07) is 15.1. The molecule has 3 N–H and O–H groups in total. The van der Waals surface area contributed by atoms with E-state index in [2.05, 4.69) is 5.32 Å². The normalized spacial score (nSPS) is 13.9. The summed E-state index contributed by atoms with van der Waals surface area (Å²) >= 11 is 0. The summed E-state index contributed by atoms with van der Waals surface area (Å²) in [6.07, 6.45) is -1.34. The van der Waals surface area contributed by atoms with Crippen LogP contribution in [0.15, 0.2) is 54.6 Å². The lowest BCUT2D eigenvalue weighted by Gasteiger charge is -2.15. The number of nitrogens with one attached hydrogen (secondary N) is 1. The number of hydrogen-bond donors (Lipinski definition) is 3. The van der Waals surface area contributed by atoms with Crippen molar-refractivity contribution < 1.29 is 14.6 Å². The van der Waals surface area contributed by atoms with Gasteiger partial charge in [0.2, 0.25) is 0 Å². The van der Waals surface area contributed by atoms with Gasteiger partial charge in [-0.1, -0.05) is 42.5 Å². The van der Waals surface area contributed by atoms with Crippen molar-refractivity contribution in [2.24, 2.45) is 0 Å². The smallest absolute Gasteiger partial charge is 0.123 e. The van der Waals surface area contributed by atoms with Gasteiger partial charge in [0, 0.05) is 13.1 Å². The molecule has 2 aromatic rings. The fraction of sp³-hybridized carbons (Fsp3) is 0.250. The molecule has 2 rings (SSSR count). The third kappa shape index (κ3) is 4.13. The first-order valence-electron chi connectivity index (χ1n) is 6.54. The monoisotopic (exact) mass is 275 g/mol. The van der Waals surface area contributed by atoms with Gasteiger partial charge < -0.3 is 15.5 Å². The van der Waals surface area contributed by atoms with E-state index >= 15 is 0 Å². The second-order valence-corrected chi connectivity index (χ2v) is 4.65. The second-order valence-electron chi connectivity index (χ2n) is 4.65. The fourth-order valence-electron chi connectivity index (χ4n) is 1.95. The van der Waals surface area contributed by atoms with Gasteiger partial charge in [0.1, 0.15) is 5.82 Å². The van der Waals surface area contributed by atoms with Crippen LogP contribution >= 0.6 is 0 Å². The van der Waals surface area contributed by atoms with Gasteiger partial charge in [0.15, 0.2) is 0 Å². The number of hydrogen-bond acceptors (Lipinski definition) is 3. The molecule has 106 valence electrons. The maximum absolute atomic E-state index is 12.8. The molecule has 3 nitrogen and oxygen atoms in total. The summed E-state index contributed by atoms with van der Waals surface area (Å²) in [5, 5.41) is 22.9. The third-order valence-corrected chi connectivity index (χ3v) is 3.11. The molecule has 0 saturated carbocycles. The van der Waals surface area contributed by atoms with Crippen LogP contribution in [0.1, 0.15) is 23.3 Å². The summed E-state index contributed by atoms with van der Waals surface area (Å²) in [4.78, 5) is 0. The van der Waals surface area contributed by atoms with Crippen LogP contribution in [-0.2, 0) is 0 Å². The van der Waals surface area contributed by atoms with Gasteiger partial charge in [0.25, 0.3) is 0 Å². The lowest BCUT2D eigenvalue weighted by Crippen LogP contribution is -2.26. The van der Waals surface area contributed by atoms with E-state index in [9.17, 15) is 14.6 Å². The molecule has 0 heterocycles. The number of halogens is 1. The number of benzene rings is 2. The second kappa shape index (κ2) is 7.14. The average Bonchev–Trinajstić information content (AvgIpc) is 2.48. The van der Waals surface area contributed by atoms with Gasteiger partial charge in [0.05, 0.1) is 12.2 Å². The highest BCUT2D eigenvalue weighted by atomic mass is 19.1. The van der Waals surface area contributed by atoms with Crippen LogP contribution < -0.4 is 5.32 Å². The largest absolute Gasteiger partial charge is 0.387 e. The van der Waals surface area contributed by atoms with Gasteiger partial charge in [-0.2, -0.15) is 0 Å². The van der Waals surface area contributed by atoms with Crippen molar-refractivity contribution in [3.8, 4) is 0 Å². The SMILES string of the molecule is OC(CNCC(O)c1ccc(F)cc1)c1ccccc1. The Morgan fingerprint density at radius 2 is 1.30 bits per heavy atom. The molecule has 0 bridgehead atoms. The molecule has 0 saturated heterocycles. The van der Waals surface area contributed by atoms with Crippen LogP contribution in [0.5, 0.6) is 0 Å². The average molecular weight is 275 g/mol. The summed E-state index contributed by atoms with van der Waals surface area (Å²) in [5.41, 5.74) is 1.48. The van der Waals surface area contributed by atoms with Crippen molar-refractivity contribution in [3.63, 3.8) is 0 Å². The van der Waals surface area contributed by atoms with Crippen LogP contribution in [0.4, 0.5) is 4.39 Å². The predicted molar refractivity (Wildman–Crippen MR) is 75.6 cm³/mol. The van der Waals surface area contributed by atoms with E-state index in [0.717, 1.165) is 5.56 Å². The molecule has 2 atom stereocenters. The molecule has 2 aromatic carbocycles. The first-order chi connectivity index (χ1) is 9.66. The van der Waals surface area contributed by atoms with Crippen molar-refractivity contribution in [2.45, 2.75) is 12.2 Å². The lowest BCUT2D eigenvalue weighted by atomic mass is 10.1. The van der Waals surface area contributed by atoms with E-state index in [1.807, 2.05) is 30.3 Å². The molecular formula is C16H18FNO2. The minimum absolute atomic E-state index is 0.301. The highest BCUT2D eigenvalue weighted by Gasteiger charge is 2.10. The number of aliphatic hydroxyl groups is 2. The zero-order chi connectivity index (χ0) is 14.4. The molecule has 2 unspecified atom stereocenters. The number of aliphatic hydroxyl groups excluding tert-OH is 2. The molecule has 0 amide bonds. The van der Waals surface area contributed by atoms with Crippen LogP contribution in [-0.4, -0.2) is 23.3 Å². The van der Waals surface area contributed by atoms with Gasteiger partial charge in [-0.15, -0.1) is 0 Å². The first kappa shape index (κ1) is 14.7. The highest BCUT2D eigenvalue weighted by Crippen LogP contribution is 2.14. The van der Waals surface area contributed by atoms with Crippen LogP contribution in [0.2, 0.25) is 0 Å². The topological polar surface area (TPSA) is 52.5 Å². The molecule has 0 radical (unpaired) electrons. The van der Waals surface area contributed by atoms with Crippen LogP contribution in [0, 0.1) is 5.82 Å². The maximum Gasteiger partial charge on any atom is 0.123 e. The fourth-order valence-corrected chi connectivity index (χ4v) is 1.95. The third-order valence-electron chi connectivity index (χ3n) is 3.11. The van der Waals surface area contributed by atoms with Crippen molar-refractivity contribution in [3.05, 3.63) is 71.5 Å². The molecule has 0 aromatic heterocycles. The van der Waals surface area contributed by atoms with Gasteiger partial charge in [-0.25, -0.2) is 4.39 Å². The Hall–Kier alpha value is -1.75. The molecule has 0 aliphatic heterocycles. The van der Waals surface area contributed by atoms with Crippen LogP contribution in [0.25, 0.3) is 0 Å². The molecule has 20 heavy (non-hydrogen) atoms. The standard InChI is InChI=1S/C16H18FNO2/c17-14-8-6-13(7-9-14)16(20)11-18-10-15(19)12-4-2-1-3-5-12/h1-9,15-16,18-20H,10-11H2. The Morgan fingerprint density at radius 3 is 1.85 bits per heavy atom. The van der Waals surface area contributed by atoms with Gasteiger partial charge in [-0.05, 0) is 23.3 Å². The number of rotatable bonds is 6. The van der Waals surface area contributed by atoms with Crippen molar-refractivity contribution in [1.29, 1.82) is 0 Å². The molecule has 0 spiro atoms. The summed E-state index contributed by atoms with van der Waals surface area (Å²) in [6.45, 7) is 0.651. The Balaban J connectivity index is 1.79. The predicted octanol–water partition coefficient (Wildman–Crippen LogP) is 2.18. The Kier molecular flexibility index (Phi) is 5.24. The molecule has 4 heteroatoms. The molecule has 0 fully saturated rings. The summed E-state index contributed by atoms with van der Waals surface area (Å²) in [7, 11) is 0. The highest BCUT2D eigenvalue weighted by molar-refractivity contribution is 5.19. The first-order valence-corrected chi connectivity index (χ1v) is 6.54. The van der Waals surface area contributed by atoms with E-state index in [1.165, 1.54) is 12.1 Å². The summed E-state index contributed by atoms with van der Waals surface area (Å²) < 4.78 is 12.8. The van der Waals surface area contributed by atoms with Crippen LogP contribution in [0.3, 0.4) is 0 Å².